The lowest BCUT2D eigenvalue weighted by Gasteiger charge is -2.46. The second-order valence-corrected chi connectivity index (χ2v) is 7.39. The number of carbonyl (C=O) groups excluding carboxylic acids is 1. The fraction of sp³-hybridized carbons (Fsp3) is 0.318. The van der Waals surface area contributed by atoms with Gasteiger partial charge in [-0.3, -0.25) is 9.69 Å². The molecule has 4 rings (SSSR count). The van der Waals surface area contributed by atoms with E-state index in [1.807, 2.05) is 29.2 Å². The van der Waals surface area contributed by atoms with Gasteiger partial charge in [-0.25, -0.2) is 4.99 Å². The molecule has 1 heterocycles. The number of nitrogens with zero attached hydrogens (tertiary/aromatic N) is 3. The van der Waals surface area contributed by atoms with Crippen molar-refractivity contribution < 1.29 is 9.53 Å². The number of methoxy groups -OCH3 is 1. The SMILES string of the molecule is COc1ccc(C(=O)c2ccccc2N2C(N)=NC(N)=NC23CCCCC3)cc1. The van der Waals surface area contributed by atoms with E-state index in [1.165, 1.54) is 0 Å². The van der Waals surface area contributed by atoms with Crippen LogP contribution in [0, 0.1) is 0 Å². The first-order valence-corrected chi connectivity index (χ1v) is 9.81. The van der Waals surface area contributed by atoms with Crippen LogP contribution in [0.15, 0.2) is 58.5 Å². The molecule has 0 radical (unpaired) electrons. The van der Waals surface area contributed by atoms with E-state index in [9.17, 15) is 4.79 Å². The van der Waals surface area contributed by atoms with Gasteiger partial charge in [0.25, 0.3) is 0 Å². The molecule has 0 amide bonds. The van der Waals surface area contributed by atoms with Gasteiger partial charge in [-0.15, -0.1) is 0 Å². The first kappa shape index (κ1) is 19.0. The Labute approximate surface area is 170 Å². The van der Waals surface area contributed by atoms with Gasteiger partial charge in [-0.2, -0.15) is 4.99 Å². The molecular weight excluding hydrogens is 366 g/mol. The molecule has 2 aliphatic rings. The van der Waals surface area contributed by atoms with Crippen molar-refractivity contribution in [3.05, 3.63) is 59.7 Å². The highest BCUT2D eigenvalue weighted by atomic mass is 16.5. The lowest BCUT2D eigenvalue weighted by atomic mass is 9.86. The van der Waals surface area contributed by atoms with Crippen molar-refractivity contribution in [3.8, 4) is 5.75 Å². The average Bonchev–Trinajstić information content (AvgIpc) is 2.73. The number of carbonyl (C=O) groups is 1. The monoisotopic (exact) mass is 391 g/mol. The Hall–Kier alpha value is -3.35. The number of guanidine groups is 2. The van der Waals surface area contributed by atoms with Crippen molar-refractivity contribution in [3.63, 3.8) is 0 Å². The fourth-order valence-corrected chi connectivity index (χ4v) is 4.23. The fourth-order valence-electron chi connectivity index (χ4n) is 4.23. The Kier molecular flexibility index (Phi) is 4.96. The second kappa shape index (κ2) is 7.58. The van der Waals surface area contributed by atoms with Gasteiger partial charge in [0.15, 0.2) is 5.78 Å². The number of benzene rings is 2. The molecular formula is C22H25N5O2. The first-order valence-electron chi connectivity index (χ1n) is 9.81. The predicted molar refractivity (Wildman–Crippen MR) is 114 cm³/mol. The van der Waals surface area contributed by atoms with E-state index in [2.05, 4.69) is 4.99 Å². The molecule has 29 heavy (non-hydrogen) atoms. The van der Waals surface area contributed by atoms with Crippen molar-refractivity contribution in [2.45, 2.75) is 37.8 Å². The van der Waals surface area contributed by atoms with Crippen LogP contribution in [0.25, 0.3) is 0 Å². The van der Waals surface area contributed by atoms with Crippen LogP contribution in [0.1, 0.15) is 48.0 Å². The normalized spacial score (nSPS) is 18.2. The van der Waals surface area contributed by atoms with Crippen molar-refractivity contribution in [1.29, 1.82) is 0 Å². The summed E-state index contributed by atoms with van der Waals surface area (Å²) < 4.78 is 5.19. The second-order valence-electron chi connectivity index (χ2n) is 7.39. The van der Waals surface area contributed by atoms with Crippen LogP contribution in [0.4, 0.5) is 5.69 Å². The summed E-state index contributed by atoms with van der Waals surface area (Å²) in [7, 11) is 1.60. The molecule has 1 aliphatic heterocycles. The topological polar surface area (TPSA) is 106 Å². The van der Waals surface area contributed by atoms with Crippen molar-refractivity contribution in [1.82, 2.24) is 0 Å². The number of ether oxygens (including phenoxy) is 1. The quantitative estimate of drug-likeness (QED) is 0.779. The van der Waals surface area contributed by atoms with Crippen LogP contribution >= 0.6 is 0 Å². The molecule has 0 saturated heterocycles. The molecule has 150 valence electrons. The average molecular weight is 391 g/mol. The number of ketones is 1. The van der Waals surface area contributed by atoms with E-state index in [-0.39, 0.29) is 17.7 Å². The van der Waals surface area contributed by atoms with Gasteiger partial charge < -0.3 is 16.2 Å². The van der Waals surface area contributed by atoms with Crippen molar-refractivity contribution in [2.24, 2.45) is 21.5 Å². The highest BCUT2D eigenvalue weighted by Crippen LogP contribution is 2.40. The lowest BCUT2D eigenvalue weighted by Crippen LogP contribution is -2.58. The third-order valence-corrected chi connectivity index (χ3v) is 5.59. The summed E-state index contributed by atoms with van der Waals surface area (Å²) in [6.07, 6.45) is 4.82. The van der Waals surface area contributed by atoms with Gasteiger partial charge in [0, 0.05) is 11.1 Å². The van der Waals surface area contributed by atoms with Gasteiger partial charge in [-0.1, -0.05) is 18.6 Å². The molecule has 1 aliphatic carbocycles. The molecule has 4 N–H and O–H groups in total. The predicted octanol–water partition coefficient (Wildman–Crippen LogP) is 3.04. The number of hydrogen-bond acceptors (Lipinski definition) is 7. The standard InChI is InChI=1S/C22H25N5O2/c1-29-16-11-9-15(10-12-16)19(28)17-7-3-4-8-18(17)27-21(24)25-20(23)26-22(27)13-5-2-6-14-22/h3-4,7-12H,2,5-6,13-14H2,1H3,(H4,23,24,25,26). The number of hydrogen-bond donors (Lipinski definition) is 2. The zero-order valence-corrected chi connectivity index (χ0v) is 16.5. The van der Waals surface area contributed by atoms with Crippen LogP contribution < -0.4 is 21.1 Å². The third kappa shape index (κ3) is 3.44. The molecule has 7 nitrogen and oxygen atoms in total. The highest BCUT2D eigenvalue weighted by Gasteiger charge is 2.43. The smallest absolute Gasteiger partial charge is 0.220 e. The molecule has 0 unspecified atom stereocenters. The summed E-state index contributed by atoms with van der Waals surface area (Å²) >= 11 is 0. The first-order chi connectivity index (χ1) is 14.0. The largest absolute Gasteiger partial charge is 0.497 e. The lowest BCUT2D eigenvalue weighted by molar-refractivity contribution is 0.103. The molecule has 0 aromatic heterocycles. The van der Waals surface area contributed by atoms with Gasteiger partial charge in [-0.05, 0) is 62.1 Å². The van der Waals surface area contributed by atoms with Crippen LogP contribution in [0.2, 0.25) is 0 Å². The Morgan fingerprint density at radius 2 is 1.72 bits per heavy atom. The van der Waals surface area contributed by atoms with E-state index in [4.69, 9.17) is 21.2 Å². The third-order valence-electron chi connectivity index (χ3n) is 5.59. The Bertz CT molecular complexity index is 975. The summed E-state index contributed by atoms with van der Waals surface area (Å²) in [4.78, 5) is 24.2. The number of anilines is 1. The van der Waals surface area contributed by atoms with Gasteiger partial charge in [0.05, 0.1) is 12.8 Å². The van der Waals surface area contributed by atoms with Crippen molar-refractivity contribution >= 4 is 23.4 Å². The summed E-state index contributed by atoms with van der Waals surface area (Å²) in [6, 6.07) is 14.5. The van der Waals surface area contributed by atoms with Crippen LogP contribution in [0.5, 0.6) is 5.75 Å². The molecule has 2 aromatic rings. The molecule has 0 atom stereocenters. The van der Waals surface area contributed by atoms with Crippen LogP contribution in [0.3, 0.4) is 0 Å². The van der Waals surface area contributed by atoms with E-state index >= 15 is 0 Å². The molecule has 1 saturated carbocycles. The molecule has 2 aromatic carbocycles. The van der Waals surface area contributed by atoms with Gasteiger partial charge in [0.2, 0.25) is 11.9 Å². The molecule has 1 fully saturated rings. The molecule has 1 spiro atoms. The number of nitrogens with two attached hydrogens (primary N) is 2. The Morgan fingerprint density at radius 1 is 1.03 bits per heavy atom. The minimum absolute atomic E-state index is 0.0930. The summed E-state index contributed by atoms with van der Waals surface area (Å²) in [5.74, 6) is 1.08. The van der Waals surface area contributed by atoms with E-state index < -0.39 is 5.66 Å². The van der Waals surface area contributed by atoms with Gasteiger partial charge >= 0.3 is 0 Å². The number of aliphatic imine (C=N–C) groups is 2. The summed E-state index contributed by atoms with van der Waals surface area (Å²) in [5, 5.41) is 0. The van der Waals surface area contributed by atoms with Crippen molar-refractivity contribution in [2.75, 3.05) is 12.0 Å². The number of rotatable bonds is 4. The maximum Gasteiger partial charge on any atom is 0.220 e. The molecule has 0 bridgehead atoms. The minimum Gasteiger partial charge on any atom is -0.497 e. The number of para-hydroxylation sites is 1. The van der Waals surface area contributed by atoms with Gasteiger partial charge in [0.1, 0.15) is 11.4 Å². The van der Waals surface area contributed by atoms with Crippen LogP contribution in [-0.2, 0) is 0 Å². The van der Waals surface area contributed by atoms with Crippen LogP contribution in [-0.4, -0.2) is 30.5 Å². The highest BCUT2D eigenvalue weighted by molar-refractivity contribution is 6.15. The van der Waals surface area contributed by atoms with E-state index in [0.29, 0.717) is 22.6 Å². The maximum absolute atomic E-state index is 13.3. The summed E-state index contributed by atoms with van der Waals surface area (Å²) in [5.41, 5.74) is 13.5. The van der Waals surface area contributed by atoms with E-state index in [1.54, 1.807) is 31.4 Å². The Morgan fingerprint density at radius 3 is 2.41 bits per heavy atom. The summed E-state index contributed by atoms with van der Waals surface area (Å²) in [6.45, 7) is 0. The maximum atomic E-state index is 13.3. The minimum atomic E-state index is -0.593. The zero-order chi connectivity index (χ0) is 20.4. The molecule has 7 heteroatoms. The Balaban J connectivity index is 1.79. The van der Waals surface area contributed by atoms with E-state index in [0.717, 1.165) is 32.1 Å². The zero-order valence-electron chi connectivity index (χ0n) is 16.5.